The van der Waals surface area contributed by atoms with Crippen LogP contribution in [0, 0.1) is 5.92 Å². The second-order valence-corrected chi connectivity index (χ2v) is 4.16. The summed E-state index contributed by atoms with van der Waals surface area (Å²) in [6, 6.07) is 8.47. The predicted molar refractivity (Wildman–Crippen MR) is 57.3 cm³/mol. The van der Waals surface area contributed by atoms with Gasteiger partial charge in [-0.25, -0.2) is 0 Å². The van der Waals surface area contributed by atoms with Crippen LogP contribution in [0.15, 0.2) is 24.3 Å². The minimum Gasteiger partial charge on any atom is -0.381 e. The van der Waals surface area contributed by atoms with Crippen LogP contribution in [0.25, 0.3) is 0 Å². The molecule has 0 spiro atoms. The number of halogens is 1. The summed E-state index contributed by atoms with van der Waals surface area (Å²) >= 11 is 6.03. The molecule has 0 amide bonds. The first-order valence-electron chi connectivity index (χ1n) is 4.78. The lowest BCUT2D eigenvalue weighted by molar-refractivity contribution is 0.694. The Morgan fingerprint density at radius 3 is 2.69 bits per heavy atom. The van der Waals surface area contributed by atoms with Gasteiger partial charge in [-0.2, -0.15) is 0 Å². The lowest BCUT2D eigenvalue weighted by atomic mass is 10.2. The zero-order chi connectivity index (χ0) is 9.26. The summed E-state index contributed by atoms with van der Waals surface area (Å²) in [5.74, 6) is 0.858. The third-order valence-electron chi connectivity index (χ3n) is 2.59. The maximum absolute atomic E-state index is 6.03. The average molecular weight is 196 g/mol. The van der Waals surface area contributed by atoms with E-state index in [9.17, 15) is 0 Å². The van der Waals surface area contributed by atoms with E-state index in [2.05, 4.69) is 12.2 Å². The van der Waals surface area contributed by atoms with E-state index in [-0.39, 0.29) is 0 Å². The second kappa shape index (κ2) is 3.59. The molecule has 0 saturated heterocycles. The van der Waals surface area contributed by atoms with Gasteiger partial charge in [-0.05, 0) is 37.8 Å². The van der Waals surface area contributed by atoms with Crippen LogP contribution in [-0.4, -0.2) is 6.04 Å². The fraction of sp³-hybridized carbons (Fsp3) is 0.455. The SMILES string of the molecule is C[C@@H](Nc1ccccc1Cl)C1CC1. The van der Waals surface area contributed by atoms with Crippen molar-refractivity contribution in [3.63, 3.8) is 0 Å². The Morgan fingerprint density at radius 2 is 2.08 bits per heavy atom. The van der Waals surface area contributed by atoms with E-state index in [1.807, 2.05) is 24.3 Å². The summed E-state index contributed by atoms with van der Waals surface area (Å²) in [7, 11) is 0. The Kier molecular flexibility index (Phi) is 2.45. The molecule has 0 aliphatic heterocycles. The van der Waals surface area contributed by atoms with Crippen molar-refractivity contribution >= 4 is 17.3 Å². The van der Waals surface area contributed by atoms with Gasteiger partial charge in [0.1, 0.15) is 0 Å². The van der Waals surface area contributed by atoms with Crippen LogP contribution in [0.1, 0.15) is 19.8 Å². The van der Waals surface area contributed by atoms with Gasteiger partial charge in [0.05, 0.1) is 10.7 Å². The van der Waals surface area contributed by atoms with Crippen LogP contribution in [0.3, 0.4) is 0 Å². The number of rotatable bonds is 3. The van der Waals surface area contributed by atoms with E-state index in [0.717, 1.165) is 16.6 Å². The van der Waals surface area contributed by atoms with E-state index in [1.54, 1.807) is 0 Å². The fourth-order valence-electron chi connectivity index (χ4n) is 1.54. The molecule has 1 N–H and O–H groups in total. The number of nitrogens with one attached hydrogen (secondary N) is 1. The molecule has 1 nitrogen and oxygen atoms in total. The van der Waals surface area contributed by atoms with E-state index in [4.69, 9.17) is 11.6 Å². The smallest absolute Gasteiger partial charge is 0.0637 e. The summed E-state index contributed by atoms with van der Waals surface area (Å²) in [4.78, 5) is 0. The summed E-state index contributed by atoms with van der Waals surface area (Å²) < 4.78 is 0. The van der Waals surface area contributed by atoms with Gasteiger partial charge in [0.25, 0.3) is 0 Å². The van der Waals surface area contributed by atoms with Gasteiger partial charge in [0, 0.05) is 6.04 Å². The third kappa shape index (κ3) is 2.16. The van der Waals surface area contributed by atoms with Gasteiger partial charge >= 0.3 is 0 Å². The molecule has 2 heteroatoms. The first-order chi connectivity index (χ1) is 6.27. The maximum atomic E-state index is 6.03. The minimum atomic E-state index is 0.555. The number of para-hydroxylation sites is 1. The normalized spacial score (nSPS) is 18.3. The molecule has 0 bridgehead atoms. The first kappa shape index (κ1) is 8.89. The Bertz CT molecular complexity index is 294. The molecule has 1 aliphatic carbocycles. The molecular formula is C11H14ClN. The Morgan fingerprint density at radius 1 is 1.38 bits per heavy atom. The predicted octanol–water partition coefficient (Wildman–Crippen LogP) is 3.55. The van der Waals surface area contributed by atoms with Gasteiger partial charge in [0.15, 0.2) is 0 Å². The zero-order valence-corrected chi connectivity index (χ0v) is 8.51. The second-order valence-electron chi connectivity index (χ2n) is 3.75. The van der Waals surface area contributed by atoms with Gasteiger partial charge in [-0.3, -0.25) is 0 Å². The number of hydrogen-bond acceptors (Lipinski definition) is 1. The molecule has 0 unspecified atom stereocenters. The largest absolute Gasteiger partial charge is 0.381 e. The van der Waals surface area contributed by atoms with Crippen LogP contribution < -0.4 is 5.32 Å². The maximum Gasteiger partial charge on any atom is 0.0637 e. The van der Waals surface area contributed by atoms with Crippen molar-refractivity contribution in [3.8, 4) is 0 Å². The van der Waals surface area contributed by atoms with Crippen LogP contribution >= 0.6 is 11.6 Å². The van der Waals surface area contributed by atoms with Crippen LogP contribution in [-0.2, 0) is 0 Å². The minimum absolute atomic E-state index is 0.555. The highest BCUT2D eigenvalue weighted by Gasteiger charge is 2.27. The molecule has 1 aromatic carbocycles. The molecule has 1 aliphatic rings. The molecule has 1 atom stereocenters. The molecule has 0 radical (unpaired) electrons. The van der Waals surface area contributed by atoms with E-state index < -0.39 is 0 Å². The van der Waals surface area contributed by atoms with Crippen molar-refractivity contribution in [1.82, 2.24) is 0 Å². The van der Waals surface area contributed by atoms with E-state index in [0.29, 0.717) is 6.04 Å². The van der Waals surface area contributed by atoms with Crippen molar-refractivity contribution in [2.24, 2.45) is 5.92 Å². The van der Waals surface area contributed by atoms with Crippen LogP contribution in [0.2, 0.25) is 5.02 Å². The van der Waals surface area contributed by atoms with Crippen LogP contribution in [0.5, 0.6) is 0 Å². The standard InChI is InChI=1S/C11H14ClN/c1-8(9-6-7-9)13-11-5-3-2-4-10(11)12/h2-5,8-9,13H,6-7H2,1H3/t8-/m1/s1. The van der Waals surface area contributed by atoms with Crippen LogP contribution in [0.4, 0.5) is 5.69 Å². The molecule has 0 heterocycles. The molecule has 1 aromatic rings. The average Bonchev–Trinajstić information content (AvgIpc) is 2.91. The highest BCUT2D eigenvalue weighted by molar-refractivity contribution is 6.33. The number of anilines is 1. The quantitative estimate of drug-likeness (QED) is 0.778. The number of hydrogen-bond donors (Lipinski definition) is 1. The molecule has 70 valence electrons. The summed E-state index contributed by atoms with van der Waals surface area (Å²) in [6.45, 7) is 2.22. The van der Waals surface area contributed by atoms with E-state index >= 15 is 0 Å². The van der Waals surface area contributed by atoms with Gasteiger partial charge in [-0.1, -0.05) is 23.7 Å². The zero-order valence-electron chi connectivity index (χ0n) is 7.76. The third-order valence-corrected chi connectivity index (χ3v) is 2.92. The molecular weight excluding hydrogens is 182 g/mol. The molecule has 1 fully saturated rings. The summed E-state index contributed by atoms with van der Waals surface area (Å²) in [5.41, 5.74) is 1.06. The van der Waals surface area contributed by atoms with Crippen molar-refractivity contribution in [3.05, 3.63) is 29.3 Å². The Hall–Kier alpha value is -0.690. The number of benzene rings is 1. The van der Waals surface area contributed by atoms with Gasteiger partial charge in [-0.15, -0.1) is 0 Å². The van der Waals surface area contributed by atoms with Gasteiger partial charge < -0.3 is 5.32 Å². The topological polar surface area (TPSA) is 12.0 Å². The van der Waals surface area contributed by atoms with Crippen molar-refractivity contribution < 1.29 is 0 Å². The molecule has 1 saturated carbocycles. The lowest BCUT2D eigenvalue weighted by Crippen LogP contribution is -2.17. The first-order valence-corrected chi connectivity index (χ1v) is 5.16. The van der Waals surface area contributed by atoms with Crippen molar-refractivity contribution in [2.45, 2.75) is 25.8 Å². The molecule has 2 rings (SSSR count). The summed E-state index contributed by atoms with van der Waals surface area (Å²) in [6.07, 6.45) is 2.72. The van der Waals surface area contributed by atoms with Crippen molar-refractivity contribution in [2.75, 3.05) is 5.32 Å². The highest BCUT2D eigenvalue weighted by atomic mass is 35.5. The van der Waals surface area contributed by atoms with Gasteiger partial charge in [0.2, 0.25) is 0 Å². The summed E-state index contributed by atoms with van der Waals surface area (Å²) in [5, 5.41) is 4.25. The van der Waals surface area contributed by atoms with E-state index in [1.165, 1.54) is 12.8 Å². The monoisotopic (exact) mass is 195 g/mol. The van der Waals surface area contributed by atoms with Crippen molar-refractivity contribution in [1.29, 1.82) is 0 Å². The Labute approximate surface area is 84.1 Å². The fourth-order valence-corrected chi connectivity index (χ4v) is 1.73. The molecule has 0 aromatic heterocycles. The lowest BCUT2D eigenvalue weighted by Gasteiger charge is -2.15. The molecule has 13 heavy (non-hydrogen) atoms. The highest BCUT2D eigenvalue weighted by Crippen LogP contribution is 2.34. The Balaban J connectivity index is 2.03.